The third-order valence-corrected chi connectivity index (χ3v) is 5.89. The van der Waals surface area contributed by atoms with Gasteiger partial charge in [0.25, 0.3) is 5.56 Å². The van der Waals surface area contributed by atoms with Crippen molar-refractivity contribution in [1.82, 2.24) is 19.9 Å². The Bertz CT molecular complexity index is 1380. The molecule has 0 amide bonds. The number of hydrogen-bond acceptors (Lipinski definition) is 4. The van der Waals surface area contributed by atoms with E-state index in [4.69, 9.17) is 0 Å². The second-order valence-corrected chi connectivity index (χ2v) is 7.72. The number of aromatic amines is 2. The third kappa shape index (κ3) is 3.34. The molecule has 0 fully saturated rings. The summed E-state index contributed by atoms with van der Waals surface area (Å²) in [5.41, 5.74) is 2.49. The van der Waals surface area contributed by atoms with Gasteiger partial charge in [-0.1, -0.05) is 30.3 Å². The number of aromatic hydroxyl groups is 1. The fourth-order valence-corrected chi connectivity index (χ4v) is 4.36. The summed E-state index contributed by atoms with van der Waals surface area (Å²) in [4.78, 5) is 30.8. The summed E-state index contributed by atoms with van der Waals surface area (Å²) in [6.07, 6.45) is 1.19. The van der Waals surface area contributed by atoms with Crippen molar-refractivity contribution in [1.29, 1.82) is 0 Å². The first-order chi connectivity index (χ1) is 15.0. The van der Waals surface area contributed by atoms with Crippen LogP contribution in [0.25, 0.3) is 10.9 Å². The molecule has 3 heterocycles. The molecule has 0 spiro atoms. The Morgan fingerprint density at radius 1 is 1.06 bits per heavy atom. The lowest BCUT2D eigenvalue weighted by Gasteiger charge is -2.25. The molecular weight excluding hydrogens is 399 g/mol. The minimum absolute atomic E-state index is 0.103. The lowest BCUT2D eigenvalue weighted by atomic mass is 9.95. The summed E-state index contributed by atoms with van der Waals surface area (Å²) in [6.45, 7) is 0.777. The van der Waals surface area contributed by atoms with Crippen LogP contribution in [-0.4, -0.2) is 26.2 Å². The zero-order valence-electron chi connectivity index (χ0n) is 16.6. The van der Waals surface area contributed by atoms with E-state index in [1.807, 2.05) is 24.3 Å². The van der Waals surface area contributed by atoms with Crippen molar-refractivity contribution in [2.24, 2.45) is 0 Å². The van der Waals surface area contributed by atoms with Crippen LogP contribution in [-0.2, 0) is 19.4 Å². The summed E-state index contributed by atoms with van der Waals surface area (Å²) in [6, 6.07) is 13.3. The zero-order chi connectivity index (χ0) is 21.5. The Morgan fingerprint density at radius 3 is 2.65 bits per heavy atom. The minimum Gasteiger partial charge on any atom is -0.494 e. The van der Waals surface area contributed by atoms with Gasteiger partial charge in [0.2, 0.25) is 5.88 Å². The van der Waals surface area contributed by atoms with E-state index < -0.39 is 17.3 Å². The largest absolute Gasteiger partial charge is 0.494 e. The van der Waals surface area contributed by atoms with Crippen LogP contribution in [0.15, 0.2) is 58.1 Å². The highest BCUT2D eigenvalue weighted by molar-refractivity contribution is 5.85. The van der Waals surface area contributed by atoms with Gasteiger partial charge >= 0.3 is 5.69 Å². The number of nitrogens with zero attached hydrogens (tertiary/aromatic N) is 1. The average molecular weight is 420 g/mol. The number of aromatic nitrogens is 3. The van der Waals surface area contributed by atoms with Crippen molar-refractivity contribution in [2.45, 2.75) is 25.4 Å². The van der Waals surface area contributed by atoms with Gasteiger partial charge < -0.3 is 15.4 Å². The first-order valence-electron chi connectivity index (χ1n) is 10.2. The molecule has 2 aromatic carbocycles. The summed E-state index contributed by atoms with van der Waals surface area (Å²) < 4.78 is 14.3. The number of para-hydroxylation sites is 1. The Morgan fingerprint density at radius 2 is 1.84 bits per heavy atom. The molecule has 2 aromatic heterocycles. The SMILES string of the molecule is O=c1[nH]c(=O)n(CCc2ccc(F)cc2)c(O)c1C1NCCc2c1[nH]c1ccccc21. The molecule has 1 aliphatic rings. The lowest BCUT2D eigenvalue weighted by Crippen LogP contribution is -2.39. The molecule has 31 heavy (non-hydrogen) atoms. The van der Waals surface area contributed by atoms with E-state index in [1.165, 1.54) is 12.1 Å². The Labute approximate surface area is 176 Å². The number of benzene rings is 2. The van der Waals surface area contributed by atoms with Crippen molar-refractivity contribution in [3.8, 4) is 5.88 Å². The van der Waals surface area contributed by atoms with Gasteiger partial charge in [0, 0.05) is 29.7 Å². The molecule has 7 nitrogen and oxygen atoms in total. The first-order valence-corrected chi connectivity index (χ1v) is 10.2. The van der Waals surface area contributed by atoms with E-state index in [0.29, 0.717) is 13.0 Å². The molecule has 0 saturated heterocycles. The van der Waals surface area contributed by atoms with Crippen molar-refractivity contribution in [2.75, 3.05) is 6.54 Å². The second-order valence-electron chi connectivity index (χ2n) is 7.72. The molecular formula is C23H21FN4O3. The highest BCUT2D eigenvalue weighted by Gasteiger charge is 2.30. The highest BCUT2D eigenvalue weighted by atomic mass is 19.1. The first kappa shape index (κ1) is 19.3. The van der Waals surface area contributed by atoms with Crippen LogP contribution in [0.3, 0.4) is 0 Å². The lowest BCUT2D eigenvalue weighted by molar-refractivity contribution is 0.382. The molecule has 158 valence electrons. The quantitative estimate of drug-likeness (QED) is 0.407. The van der Waals surface area contributed by atoms with Crippen LogP contribution in [0.2, 0.25) is 0 Å². The third-order valence-electron chi connectivity index (χ3n) is 5.89. The zero-order valence-corrected chi connectivity index (χ0v) is 16.6. The maximum atomic E-state index is 13.1. The number of nitrogens with one attached hydrogen (secondary N) is 3. The molecule has 1 unspecified atom stereocenters. The van der Waals surface area contributed by atoms with Crippen LogP contribution >= 0.6 is 0 Å². The Hall–Kier alpha value is -3.65. The molecule has 0 saturated carbocycles. The van der Waals surface area contributed by atoms with Crippen LogP contribution in [0.4, 0.5) is 4.39 Å². The number of rotatable bonds is 4. The second kappa shape index (κ2) is 7.55. The van der Waals surface area contributed by atoms with Crippen LogP contribution in [0.1, 0.15) is 28.4 Å². The molecule has 4 N–H and O–H groups in total. The van der Waals surface area contributed by atoms with E-state index in [0.717, 1.165) is 38.7 Å². The van der Waals surface area contributed by atoms with Crippen molar-refractivity contribution >= 4 is 10.9 Å². The van der Waals surface area contributed by atoms with E-state index >= 15 is 0 Å². The van der Waals surface area contributed by atoms with Gasteiger partial charge in [-0.25, -0.2) is 9.18 Å². The Kier molecular flexibility index (Phi) is 4.71. The predicted octanol–water partition coefficient (Wildman–Crippen LogP) is 2.34. The van der Waals surface area contributed by atoms with Crippen LogP contribution in [0.5, 0.6) is 5.88 Å². The number of fused-ring (bicyclic) bond motifs is 3. The van der Waals surface area contributed by atoms with Gasteiger partial charge in [0.15, 0.2) is 0 Å². The van der Waals surface area contributed by atoms with Gasteiger partial charge in [-0.05, 0) is 42.2 Å². The number of H-pyrrole nitrogens is 2. The van der Waals surface area contributed by atoms with E-state index in [2.05, 4.69) is 15.3 Å². The fraction of sp³-hybridized carbons (Fsp3) is 0.217. The maximum absolute atomic E-state index is 13.1. The number of aryl methyl sites for hydroxylation is 1. The summed E-state index contributed by atoms with van der Waals surface area (Å²) >= 11 is 0. The van der Waals surface area contributed by atoms with Gasteiger partial charge in [-0.3, -0.25) is 14.3 Å². The maximum Gasteiger partial charge on any atom is 0.331 e. The predicted molar refractivity (Wildman–Crippen MR) is 115 cm³/mol. The van der Waals surface area contributed by atoms with Crippen molar-refractivity contribution < 1.29 is 9.50 Å². The molecule has 4 aromatic rings. The van der Waals surface area contributed by atoms with E-state index in [1.54, 1.807) is 12.1 Å². The normalized spacial score (nSPS) is 15.8. The molecule has 1 aliphatic heterocycles. The standard InChI is InChI=1S/C23H21FN4O3/c24-14-7-5-13(6-8-14)10-12-28-22(30)18(21(29)27-23(28)31)20-19-16(9-11-25-20)15-3-1-2-4-17(15)26-19/h1-8,20,25-26,30H,9-12H2,(H,27,29,31). The molecule has 5 rings (SSSR count). The van der Waals surface area contributed by atoms with Gasteiger partial charge in [0.05, 0.1) is 6.04 Å². The highest BCUT2D eigenvalue weighted by Crippen LogP contribution is 2.34. The summed E-state index contributed by atoms with van der Waals surface area (Å²) in [5, 5.41) is 15.3. The molecule has 8 heteroatoms. The number of halogens is 1. The molecule has 0 bridgehead atoms. The van der Waals surface area contributed by atoms with Crippen molar-refractivity contribution in [3.63, 3.8) is 0 Å². The molecule has 0 radical (unpaired) electrons. The average Bonchev–Trinajstić information content (AvgIpc) is 3.14. The smallest absolute Gasteiger partial charge is 0.331 e. The van der Waals surface area contributed by atoms with Crippen LogP contribution in [0, 0.1) is 5.82 Å². The Balaban J connectivity index is 1.56. The van der Waals surface area contributed by atoms with Gasteiger partial charge in [-0.2, -0.15) is 0 Å². The molecule has 0 aliphatic carbocycles. The van der Waals surface area contributed by atoms with Crippen LogP contribution < -0.4 is 16.6 Å². The van der Waals surface area contributed by atoms with Crippen molar-refractivity contribution in [3.05, 3.63) is 97.6 Å². The molecule has 1 atom stereocenters. The fourth-order valence-electron chi connectivity index (χ4n) is 4.36. The van der Waals surface area contributed by atoms with Gasteiger partial charge in [0.1, 0.15) is 11.4 Å². The monoisotopic (exact) mass is 420 g/mol. The minimum atomic E-state index is -0.680. The topological polar surface area (TPSA) is 103 Å². The summed E-state index contributed by atoms with van der Waals surface area (Å²) in [5.74, 6) is -0.701. The van der Waals surface area contributed by atoms with Gasteiger partial charge in [-0.15, -0.1) is 0 Å². The number of hydrogen-bond donors (Lipinski definition) is 4. The van der Waals surface area contributed by atoms with E-state index in [9.17, 15) is 19.1 Å². The van der Waals surface area contributed by atoms with E-state index in [-0.39, 0.29) is 23.8 Å². The summed E-state index contributed by atoms with van der Waals surface area (Å²) in [7, 11) is 0.